The highest BCUT2D eigenvalue weighted by molar-refractivity contribution is 7.88. The quantitative estimate of drug-likeness (QED) is 0.504. The summed E-state index contributed by atoms with van der Waals surface area (Å²) in [6.07, 6.45) is 2.86. The number of benzene rings is 2. The topological polar surface area (TPSA) is 86.8 Å². The van der Waals surface area contributed by atoms with E-state index in [0.717, 1.165) is 21.7 Å². The van der Waals surface area contributed by atoms with Gasteiger partial charge in [-0.1, -0.05) is 60.1 Å². The lowest BCUT2D eigenvalue weighted by atomic mass is 10.0. The molecule has 1 N–H and O–H groups in total. The summed E-state index contributed by atoms with van der Waals surface area (Å²) in [5, 5.41) is 3.31. The molecular formula is C23H28ClN3O4S. The van der Waals surface area contributed by atoms with Crippen molar-refractivity contribution in [2.24, 2.45) is 0 Å². The van der Waals surface area contributed by atoms with E-state index in [4.69, 9.17) is 11.6 Å². The van der Waals surface area contributed by atoms with Crippen LogP contribution < -0.4 is 5.32 Å². The van der Waals surface area contributed by atoms with Crippen LogP contribution in [0.1, 0.15) is 11.1 Å². The van der Waals surface area contributed by atoms with E-state index >= 15 is 0 Å². The van der Waals surface area contributed by atoms with E-state index in [1.165, 1.54) is 11.9 Å². The van der Waals surface area contributed by atoms with Gasteiger partial charge in [-0.2, -0.15) is 4.31 Å². The molecule has 0 aliphatic carbocycles. The number of nitrogens with zero attached hydrogens (tertiary/aromatic N) is 2. The van der Waals surface area contributed by atoms with Crippen LogP contribution in [0.2, 0.25) is 5.02 Å². The fourth-order valence-corrected chi connectivity index (χ4v) is 3.50. The lowest BCUT2D eigenvalue weighted by Crippen LogP contribution is -2.53. The van der Waals surface area contributed by atoms with Crippen LogP contribution in [0.3, 0.4) is 0 Å². The first kappa shape index (κ1) is 25.6. The minimum atomic E-state index is -3.57. The van der Waals surface area contributed by atoms with Crippen molar-refractivity contribution >= 4 is 33.4 Å². The van der Waals surface area contributed by atoms with Gasteiger partial charge >= 0.3 is 0 Å². The van der Waals surface area contributed by atoms with Gasteiger partial charge in [-0.25, -0.2) is 8.42 Å². The molecule has 0 radical (unpaired) electrons. The maximum Gasteiger partial charge on any atom is 0.243 e. The molecule has 0 heterocycles. The number of likely N-dealkylation sites (N-methyl/N-ethyl adjacent to an activating group) is 1. The van der Waals surface area contributed by atoms with Gasteiger partial charge in [0.25, 0.3) is 0 Å². The molecule has 0 aromatic heterocycles. The van der Waals surface area contributed by atoms with Gasteiger partial charge < -0.3 is 10.2 Å². The number of nitrogens with one attached hydrogen (secondary N) is 1. The number of halogens is 1. The maximum atomic E-state index is 13.3. The van der Waals surface area contributed by atoms with Gasteiger partial charge in [0.05, 0.1) is 12.8 Å². The molecule has 0 fully saturated rings. The first-order valence-corrected chi connectivity index (χ1v) is 12.2. The number of carbonyl (C=O) groups excluding carboxylic acids is 2. The lowest BCUT2D eigenvalue weighted by molar-refractivity contribution is -0.141. The fourth-order valence-electron chi connectivity index (χ4n) is 3.03. The van der Waals surface area contributed by atoms with Gasteiger partial charge in [-0.15, -0.1) is 6.58 Å². The summed E-state index contributed by atoms with van der Waals surface area (Å²) in [7, 11) is -2.24. The molecule has 0 saturated heterocycles. The minimum Gasteiger partial charge on any atom is -0.351 e. The number of amides is 2. The number of carbonyl (C=O) groups is 2. The summed E-state index contributed by atoms with van der Waals surface area (Å²) in [5.41, 5.74) is 1.64. The Labute approximate surface area is 194 Å². The molecule has 2 aromatic carbocycles. The summed E-state index contributed by atoms with van der Waals surface area (Å²) in [6.45, 7) is 3.60. The molecule has 0 spiro atoms. The third-order valence-electron chi connectivity index (χ3n) is 4.88. The molecule has 2 amide bonds. The molecule has 2 rings (SSSR count). The van der Waals surface area contributed by atoms with Crippen molar-refractivity contribution in [2.45, 2.75) is 19.0 Å². The van der Waals surface area contributed by atoms with Crippen molar-refractivity contribution in [1.29, 1.82) is 0 Å². The first-order chi connectivity index (χ1) is 15.1. The standard InChI is InChI=1S/C23H28ClN3O4S/c1-4-14-25-23(29)21(15-18-8-6-5-7-9-18)27(16-19-10-12-20(24)13-11-19)22(28)17-26(2)32(3,30)31/h4-13,21H,1,14-17H2,2-3H3,(H,25,29)/t21-/m1/s1. The molecule has 172 valence electrons. The Hall–Kier alpha value is -2.68. The van der Waals surface area contributed by atoms with Gasteiger partial charge in [0, 0.05) is 31.6 Å². The summed E-state index contributed by atoms with van der Waals surface area (Å²) in [4.78, 5) is 27.8. The average Bonchev–Trinajstić information content (AvgIpc) is 2.75. The maximum absolute atomic E-state index is 13.3. The van der Waals surface area contributed by atoms with E-state index in [0.29, 0.717) is 5.02 Å². The Morgan fingerprint density at radius 1 is 1.09 bits per heavy atom. The van der Waals surface area contributed by atoms with Gasteiger partial charge in [-0.3, -0.25) is 9.59 Å². The molecule has 0 aliphatic heterocycles. The molecule has 1 atom stereocenters. The van der Waals surface area contributed by atoms with E-state index in [1.807, 2.05) is 30.3 Å². The summed E-state index contributed by atoms with van der Waals surface area (Å²) >= 11 is 5.98. The minimum absolute atomic E-state index is 0.118. The Morgan fingerprint density at radius 2 is 1.72 bits per heavy atom. The third-order valence-corrected chi connectivity index (χ3v) is 6.40. The predicted molar refractivity (Wildman–Crippen MR) is 127 cm³/mol. The Kier molecular flexibility index (Phi) is 9.43. The molecule has 7 nitrogen and oxygen atoms in total. The van der Waals surface area contributed by atoms with E-state index in [9.17, 15) is 18.0 Å². The van der Waals surface area contributed by atoms with E-state index in [2.05, 4.69) is 11.9 Å². The number of sulfonamides is 1. The van der Waals surface area contributed by atoms with Gasteiger partial charge in [0.15, 0.2) is 0 Å². The molecule has 32 heavy (non-hydrogen) atoms. The highest BCUT2D eigenvalue weighted by Crippen LogP contribution is 2.17. The van der Waals surface area contributed by atoms with Crippen LogP contribution >= 0.6 is 11.6 Å². The molecule has 0 saturated carbocycles. The van der Waals surface area contributed by atoms with E-state index in [1.54, 1.807) is 30.3 Å². The zero-order valence-electron chi connectivity index (χ0n) is 18.2. The second-order valence-electron chi connectivity index (χ2n) is 7.41. The van der Waals surface area contributed by atoms with Gasteiger partial charge in [0.2, 0.25) is 21.8 Å². The monoisotopic (exact) mass is 477 g/mol. The smallest absolute Gasteiger partial charge is 0.243 e. The van der Waals surface area contributed by atoms with Crippen molar-refractivity contribution in [3.05, 3.63) is 83.4 Å². The summed E-state index contributed by atoms with van der Waals surface area (Å²) in [5.74, 6) is -0.833. The van der Waals surface area contributed by atoms with Crippen LogP contribution in [0, 0.1) is 0 Å². The summed E-state index contributed by atoms with van der Waals surface area (Å²) in [6, 6.07) is 15.4. The zero-order valence-corrected chi connectivity index (χ0v) is 19.8. The molecule has 0 bridgehead atoms. The van der Waals surface area contributed by atoms with Crippen LogP contribution in [0.5, 0.6) is 0 Å². The molecule has 0 unspecified atom stereocenters. The second-order valence-corrected chi connectivity index (χ2v) is 9.93. The number of hydrogen-bond donors (Lipinski definition) is 1. The van der Waals surface area contributed by atoms with Crippen molar-refractivity contribution in [1.82, 2.24) is 14.5 Å². The third kappa shape index (κ3) is 7.78. The fraction of sp³-hybridized carbons (Fsp3) is 0.304. The van der Waals surface area contributed by atoms with Crippen molar-refractivity contribution in [3.8, 4) is 0 Å². The molecule has 2 aromatic rings. The number of rotatable bonds is 11. The lowest BCUT2D eigenvalue weighted by Gasteiger charge is -2.32. The van der Waals surface area contributed by atoms with Crippen LogP contribution in [-0.4, -0.2) is 61.9 Å². The molecular weight excluding hydrogens is 450 g/mol. The zero-order chi connectivity index (χ0) is 23.7. The SMILES string of the molecule is C=CCNC(=O)[C@@H](Cc1ccccc1)N(Cc1ccc(Cl)cc1)C(=O)CN(C)S(C)(=O)=O. The second kappa shape index (κ2) is 11.8. The largest absolute Gasteiger partial charge is 0.351 e. The van der Waals surface area contributed by atoms with Crippen molar-refractivity contribution in [2.75, 3.05) is 26.4 Å². The Balaban J connectivity index is 2.42. The van der Waals surface area contributed by atoms with Crippen LogP contribution in [0.15, 0.2) is 67.3 Å². The van der Waals surface area contributed by atoms with Gasteiger partial charge in [0.1, 0.15) is 6.04 Å². The predicted octanol–water partition coefficient (Wildman–Crippen LogP) is 2.47. The first-order valence-electron chi connectivity index (χ1n) is 9.99. The van der Waals surface area contributed by atoms with E-state index in [-0.39, 0.29) is 32.0 Å². The Morgan fingerprint density at radius 3 is 2.28 bits per heavy atom. The van der Waals surface area contributed by atoms with Crippen molar-refractivity contribution < 1.29 is 18.0 Å². The Bertz CT molecular complexity index is 1030. The highest BCUT2D eigenvalue weighted by Gasteiger charge is 2.31. The summed E-state index contributed by atoms with van der Waals surface area (Å²) < 4.78 is 24.7. The van der Waals surface area contributed by atoms with Gasteiger partial charge in [-0.05, 0) is 23.3 Å². The normalized spacial score (nSPS) is 12.2. The number of hydrogen-bond acceptors (Lipinski definition) is 4. The average molecular weight is 478 g/mol. The molecule has 0 aliphatic rings. The van der Waals surface area contributed by atoms with Crippen molar-refractivity contribution in [3.63, 3.8) is 0 Å². The van der Waals surface area contributed by atoms with Crippen LogP contribution in [-0.2, 0) is 32.6 Å². The molecule has 9 heteroatoms. The van der Waals surface area contributed by atoms with Crippen LogP contribution in [0.25, 0.3) is 0 Å². The highest BCUT2D eigenvalue weighted by atomic mass is 35.5. The van der Waals surface area contributed by atoms with E-state index < -0.39 is 22.0 Å². The van der Waals surface area contributed by atoms with Crippen LogP contribution in [0.4, 0.5) is 0 Å².